The van der Waals surface area contributed by atoms with Gasteiger partial charge in [-0.25, -0.2) is 0 Å². The third-order valence-corrected chi connectivity index (χ3v) is 5.53. The molecule has 0 radical (unpaired) electrons. The van der Waals surface area contributed by atoms with Gasteiger partial charge >= 0.3 is 0 Å². The van der Waals surface area contributed by atoms with E-state index in [0.29, 0.717) is 32.7 Å². The molecule has 2 fully saturated rings. The number of ether oxygens (including phenoxy) is 2. The number of nitrogens with one attached hydrogen (secondary N) is 1. The molecule has 2 aliphatic rings. The van der Waals surface area contributed by atoms with Crippen LogP contribution in [-0.2, 0) is 20.7 Å². The van der Waals surface area contributed by atoms with Crippen LogP contribution in [0.5, 0.6) is 5.75 Å². The fraction of sp³-hybridized carbons (Fsp3) is 0.619. The average Bonchev–Trinajstić information content (AvgIpc) is 2.73. The molecule has 1 heterocycles. The fourth-order valence-corrected chi connectivity index (χ4v) is 4.10. The first-order chi connectivity index (χ1) is 13.2. The molecule has 1 aromatic rings. The highest BCUT2D eigenvalue weighted by molar-refractivity contribution is 5.83. The molecule has 0 aromatic heterocycles. The highest BCUT2D eigenvalue weighted by Crippen LogP contribution is 2.30. The minimum atomic E-state index is -0.114. The summed E-state index contributed by atoms with van der Waals surface area (Å²) in [5, 5.41) is 2.99. The van der Waals surface area contributed by atoms with E-state index in [4.69, 9.17) is 9.47 Å². The van der Waals surface area contributed by atoms with Gasteiger partial charge in [-0.3, -0.25) is 9.59 Å². The van der Waals surface area contributed by atoms with E-state index in [-0.39, 0.29) is 23.8 Å². The number of nitrogens with zero attached hydrogens (tertiary/aromatic N) is 1. The summed E-state index contributed by atoms with van der Waals surface area (Å²) in [6.45, 7) is 2.33. The molecular weight excluding hydrogens is 344 g/mol. The minimum Gasteiger partial charge on any atom is -0.497 e. The number of rotatable bonds is 3. The van der Waals surface area contributed by atoms with E-state index < -0.39 is 0 Å². The number of hydrogen-bond donors (Lipinski definition) is 1. The van der Waals surface area contributed by atoms with Crippen molar-refractivity contribution < 1.29 is 19.1 Å². The van der Waals surface area contributed by atoms with Gasteiger partial charge in [0, 0.05) is 25.7 Å². The maximum absolute atomic E-state index is 13.2. The van der Waals surface area contributed by atoms with Gasteiger partial charge in [0.2, 0.25) is 11.8 Å². The van der Waals surface area contributed by atoms with Gasteiger partial charge in [0.1, 0.15) is 5.75 Å². The third-order valence-electron chi connectivity index (χ3n) is 5.53. The van der Waals surface area contributed by atoms with E-state index in [2.05, 4.69) is 5.32 Å². The fourth-order valence-electron chi connectivity index (χ4n) is 4.10. The second-order valence-corrected chi connectivity index (χ2v) is 7.33. The summed E-state index contributed by atoms with van der Waals surface area (Å²) in [6.07, 6.45) is 5.00. The lowest BCUT2D eigenvalue weighted by Gasteiger charge is -2.39. The van der Waals surface area contributed by atoms with E-state index in [1.54, 1.807) is 7.11 Å². The summed E-state index contributed by atoms with van der Waals surface area (Å²) in [5.74, 6) is 0.816. The molecule has 2 atom stereocenters. The Labute approximate surface area is 161 Å². The Bertz CT molecular complexity index is 632. The molecule has 0 bridgehead atoms. The average molecular weight is 374 g/mol. The number of amides is 2. The summed E-state index contributed by atoms with van der Waals surface area (Å²) < 4.78 is 10.8. The Balaban J connectivity index is 1.76. The maximum atomic E-state index is 13.2. The monoisotopic (exact) mass is 374 g/mol. The van der Waals surface area contributed by atoms with Crippen molar-refractivity contribution in [3.05, 3.63) is 29.8 Å². The molecule has 0 spiro atoms. The van der Waals surface area contributed by atoms with Crippen LogP contribution in [0.3, 0.4) is 0 Å². The Morgan fingerprint density at radius 2 is 1.96 bits per heavy atom. The molecule has 148 valence electrons. The van der Waals surface area contributed by atoms with Gasteiger partial charge in [-0.2, -0.15) is 0 Å². The highest BCUT2D eigenvalue weighted by atomic mass is 16.5. The quantitative estimate of drug-likeness (QED) is 0.880. The number of carbonyl (C=O) groups excluding carboxylic acids is 2. The van der Waals surface area contributed by atoms with Crippen molar-refractivity contribution in [2.75, 3.05) is 33.4 Å². The van der Waals surface area contributed by atoms with Gasteiger partial charge in [0.15, 0.2) is 0 Å². The van der Waals surface area contributed by atoms with E-state index in [1.165, 1.54) is 0 Å². The molecule has 1 aliphatic carbocycles. The van der Waals surface area contributed by atoms with Crippen LogP contribution in [0.2, 0.25) is 0 Å². The second kappa shape index (κ2) is 9.74. The molecule has 6 heteroatoms. The first-order valence-electron chi connectivity index (χ1n) is 9.97. The summed E-state index contributed by atoms with van der Waals surface area (Å²) in [6, 6.07) is 7.59. The summed E-state index contributed by atoms with van der Waals surface area (Å²) in [7, 11) is 1.63. The van der Waals surface area contributed by atoms with E-state index in [0.717, 1.165) is 43.4 Å². The Hall–Kier alpha value is -2.08. The molecular formula is C21H30N2O4. The van der Waals surface area contributed by atoms with Gasteiger partial charge < -0.3 is 19.7 Å². The van der Waals surface area contributed by atoms with Crippen LogP contribution in [0, 0.1) is 5.92 Å². The van der Waals surface area contributed by atoms with Gasteiger partial charge in [-0.05, 0) is 37.0 Å². The van der Waals surface area contributed by atoms with Crippen molar-refractivity contribution in [1.82, 2.24) is 10.2 Å². The molecule has 1 saturated carbocycles. The molecule has 1 aromatic carbocycles. The smallest absolute Gasteiger partial charge is 0.227 e. The topological polar surface area (TPSA) is 67.9 Å². The maximum Gasteiger partial charge on any atom is 0.227 e. The number of fused-ring (bicyclic) bond motifs is 1. The van der Waals surface area contributed by atoms with Crippen LogP contribution >= 0.6 is 0 Å². The van der Waals surface area contributed by atoms with E-state index in [1.807, 2.05) is 29.2 Å². The second-order valence-electron chi connectivity index (χ2n) is 7.33. The van der Waals surface area contributed by atoms with Crippen molar-refractivity contribution in [2.45, 2.75) is 44.6 Å². The molecule has 2 amide bonds. The summed E-state index contributed by atoms with van der Waals surface area (Å²) >= 11 is 0. The zero-order valence-corrected chi connectivity index (χ0v) is 16.1. The Kier molecular flexibility index (Phi) is 7.10. The van der Waals surface area contributed by atoms with Crippen LogP contribution in [0.1, 0.15) is 37.7 Å². The number of methoxy groups -OCH3 is 1. The molecule has 1 N–H and O–H groups in total. The molecule has 1 saturated heterocycles. The van der Waals surface area contributed by atoms with E-state index in [9.17, 15) is 9.59 Å². The summed E-state index contributed by atoms with van der Waals surface area (Å²) in [4.78, 5) is 27.8. The Morgan fingerprint density at radius 1 is 1.19 bits per heavy atom. The van der Waals surface area contributed by atoms with Crippen LogP contribution in [0.4, 0.5) is 0 Å². The van der Waals surface area contributed by atoms with Crippen molar-refractivity contribution in [2.24, 2.45) is 5.92 Å². The number of benzene rings is 1. The zero-order valence-electron chi connectivity index (χ0n) is 16.1. The lowest BCUT2D eigenvalue weighted by molar-refractivity contribution is -0.138. The normalized spacial score (nSPS) is 24.3. The highest BCUT2D eigenvalue weighted by Gasteiger charge is 2.36. The largest absolute Gasteiger partial charge is 0.497 e. The molecule has 6 nitrogen and oxygen atoms in total. The summed E-state index contributed by atoms with van der Waals surface area (Å²) in [5.41, 5.74) is 0.961. The first-order valence-corrected chi connectivity index (χ1v) is 9.97. The standard InChI is InChI=1S/C21H30N2O4/c1-26-17-9-7-16(8-10-17)15-20(24)23-12-4-13-27-14-11-22-21(25)18-5-2-3-6-19(18)23/h7-10,18-19H,2-6,11-15H2,1H3,(H,22,25)/t18-,19+/m1/s1. The van der Waals surface area contributed by atoms with Gasteiger partial charge in [0.25, 0.3) is 0 Å². The zero-order chi connectivity index (χ0) is 19.1. The first kappa shape index (κ1) is 19.7. The minimum absolute atomic E-state index is 0.0115. The lowest BCUT2D eigenvalue weighted by atomic mass is 9.82. The van der Waals surface area contributed by atoms with Crippen molar-refractivity contribution in [3.8, 4) is 5.75 Å². The predicted octanol–water partition coefficient (Wildman–Crippen LogP) is 2.16. The van der Waals surface area contributed by atoms with Gasteiger partial charge in [-0.1, -0.05) is 25.0 Å². The number of hydrogen-bond acceptors (Lipinski definition) is 4. The molecule has 1 aliphatic heterocycles. The van der Waals surface area contributed by atoms with Crippen LogP contribution < -0.4 is 10.1 Å². The van der Waals surface area contributed by atoms with Gasteiger partial charge in [-0.15, -0.1) is 0 Å². The molecule has 27 heavy (non-hydrogen) atoms. The SMILES string of the molecule is COc1ccc(CC(=O)N2CCCOCCNC(=O)[C@@H]3CCCC[C@@H]32)cc1. The van der Waals surface area contributed by atoms with Gasteiger partial charge in [0.05, 0.1) is 26.1 Å². The van der Waals surface area contributed by atoms with Crippen molar-refractivity contribution in [3.63, 3.8) is 0 Å². The Morgan fingerprint density at radius 3 is 2.74 bits per heavy atom. The van der Waals surface area contributed by atoms with Crippen LogP contribution in [0.25, 0.3) is 0 Å². The molecule has 3 rings (SSSR count). The molecule has 0 unspecified atom stereocenters. The van der Waals surface area contributed by atoms with Crippen LogP contribution in [0.15, 0.2) is 24.3 Å². The number of carbonyl (C=O) groups is 2. The lowest BCUT2D eigenvalue weighted by Crippen LogP contribution is -2.51. The van der Waals surface area contributed by atoms with Crippen molar-refractivity contribution in [1.29, 1.82) is 0 Å². The predicted molar refractivity (Wildman–Crippen MR) is 103 cm³/mol. The third kappa shape index (κ3) is 5.22. The van der Waals surface area contributed by atoms with Crippen LogP contribution in [-0.4, -0.2) is 56.2 Å². The van der Waals surface area contributed by atoms with E-state index >= 15 is 0 Å². The van der Waals surface area contributed by atoms with Crippen molar-refractivity contribution >= 4 is 11.8 Å².